The number of non-ortho nitro benzene ring substituents is 2. The maximum atomic E-state index is 13.0. The van der Waals surface area contributed by atoms with Crippen molar-refractivity contribution in [3.05, 3.63) is 68.3 Å². The number of nitro groups is 2. The highest BCUT2D eigenvalue weighted by Gasteiger charge is 2.30. The van der Waals surface area contributed by atoms with Gasteiger partial charge in [-0.05, 0) is 23.8 Å². The van der Waals surface area contributed by atoms with E-state index in [1.807, 2.05) is 0 Å². The lowest BCUT2D eigenvalue weighted by molar-refractivity contribution is -0.385. The monoisotopic (exact) mass is 435 g/mol. The van der Waals surface area contributed by atoms with Gasteiger partial charge in [-0.25, -0.2) is 8.42 Å². The standard InChI is InChI=1S/C17H17N5O7S/c23-21(24)14-3-1-13(2-4-14)12-18-19-16-6-5-15(22(25)26)11-17(16)30(27,28)20-7-9-29-10-8-20/h1-6,11-12,19H,7-10H2/b18-12+. The van der Waals surface area contributed by atoms with Gasteiger partial charge < -0.3 is 4.74 Å². The van der Waals surface area contributed by atoms with Crippen LogP contribution in [0, 0.1) is 20.2 Å². The molecule has 13 heteroatoms. The highest BCUT2D eigenvalue weighted by molar-refractivity contribution is 7.89. The molecule has 1 saturated heterocycles. The van der Waals surface area contributed by atoms with Gasteiger partial charge in [0.15, 0.2) is 0 Å². The van der Waals surface area contributed by atoms with Crippen molar-refractivity contribution in [3.63, 3.8) is 0 Å². The topological polar surface area (TPSA) is 157 Å². The van der Waals surface area contributed by atoms with Gasteiger partial charge in [0.25, 0.3) is 11.4 Å². The van der Waals surface area contributed by atoms with Crippen molar-refractivity contribution in [1.82, 2.24) is 4.31 Å². The Morgan fingerprint density at radius 2 is 1.60 bits per heavy atom. The summed E-state index contributed by atoms with van der Waals surface area (Å²) in [5.74, 6) is 0. The van der Waals surface area contributed by atoms with Crippen LogP contribution in [0.2, 0.25) is 0 Å². The largest absolute Gasteiger partial charge is 0.379 e. The highest BCUT2D eigenvalue weighted by atomic mass is 32.2. The van der Waals surface area contributed by atoms with E-state index in [0.717, 1.165) is 6.07 Å². The first kappa shape index (κ1) is 21.3. The Morgan fingerprint density at radius 1 is 1.00 bits per heavy atom. The fourth-order valence-electron chi connectivity index (χ4n) is 2.71. The third kappa shape index (κ3) is 4.76. The van der Waals surface area contributed by atoms with Crippen molar-refractivity contribution in [2.45, 2.75) is 4.90 Å². The minimum atomic E-state index is -4.02. The SMILES string of the molecule is O=[N+]([O-])c1ccc(/C=N/Nc2ccc([N+](=O)[O-])cc2S(=O)(=O)N2CCOCC2)cc1. The fourth-order valence-corrected chi connectivity index (χ4v) is 4.28. The van der Waals surface area contributed by atoms with E-state index in [-0.39, 0.29) is 48.3 Å². The quantitative estimate of drug-likeness (QED) is 0.393. The number of sulfonamides is 1. The summed E-state index contributed by atoms with van der Waals surface area (Å²) in [5.41, 5.74) is 2.74. The van der Waals surface area contributed by atoms with Crippen molar-refractivity contribution in [2.75, 3.05) is 31.7 Å². The zero-order valence-corrected chi connectivity index (χ0v) is 16.3. The van der Waals surface area contributed by atoms with E-state index in [2.05, 4.69) is 10.5 Å². The van der Waals surface area contributed by atoms with Crippen LogP contribution < -0.4 is 5.43 Å². The number of morpholine rings is 1. The number of rotatable bonds is 7. The molecule has 3 rings (SSSR count). The fraction of sp³-hybridized carbons (Fsp3) is 0.235. The van der Waals surface area contributed by atoms with Crippen LogP contribution in [0.5, 0.6) is 0 Å². The number of nitrogens with zero attached hydrogens (tertiary/aromatic N) is 4. The van der Waals surface area contributed by atoms with Gasteiger partial charge >= 0.3 is 0 Å². The second kappa shape index (κ2) is 8.94. The van der Waals surface area contributed by atoms with Gasteiger partial charge in [0.1, 0.15) is 4.90 Å². The second-order valence-corrected chi connectivity index (χ2v) is 8.08. The van der Waals surface area contributed by atoms with E-state index in [9.17, 15) is 28.6 Å². The van der Waals surface area contributed by atoms with E-state index >= 15 is 0 Å². The van der Waals surface area contributed by atoms with Crippen LogP contribution in [0.4, 0.5) is 17.1 Å². The molecule has 0 atom stereocenters. The molecule has 0 spiro atoms. The van der Waals surface area contributed by atoms with Crippen LogP contribution in [0.1, 0.15) is 5.56 Å². The lowest BCUT2D eigenvalue weighted by atomic mass is 10.2. The molecule has 0 unspecified atom stereocenters. The molecule has 1 heterocycles. The Balaban J connectivity index is 1.88. The number of nitrogens with one attached hydrogen (secondary N) is 1. The maximum Gasteiger partial charge on any atom is 0.270 e. The average Bonchev–Trinajstić information content (AvgIpc) is 2.74. The molecule has 0 aliphatic carbocycles. The third-order valence-corrected chi connectivity index (χ3v) is 6.20. The molecule has 0 saturated carbocycles. The molecular weight excluding hydrogens is 418 g/mol. The van der Waals surface area contributed by atoms with Crippen molar-refractivity contribution >= 4 is 33.3 Å². The normalized spacial score (nSPS) is 15.2. The van der Waals surface area contributed by atoms with Gasteiger partial charge in [0, 0.05) is 37.4 Å². The Bertz CT molecular complexity index is 1080. The van der Waals surface area contributed by atoms with Crippen molar-refractivity contribution in [2.24, 2.45) is 5.10 Å². The molecule has 0 radical (unpaired) electrons. The molecule has 1 fully saturated rings. The summed E-state index contributed by atoms with van der Waals surface area (Å²) < 4.78 is 32.4. The molecule has 2 aromatic rings. The molecular formula is C17H17N5O7S. The minimum absolute atomic E-state index is 0.0604. The van der Waals surface area contributed by atoms with E-state index in [0.29, 0.717) is 5.56 Å². The van der Waals surface area contributed by atoms with E-state index < -0.39 is 19.9 Å². The molecule has 1 aliphatic heterocycles. The van der Waals surface area contributed by atoms with E-state index in [4.69, 9.17) is 4.74 Å². The number of ether oxygens (including phenoxy) is 1. The summed E-state index contributed by atoms with van der Waals surface area (Å²) in [6.07, 6.45) is 1.34. The molecule has 30 heavy (non-hydrogen) atoms. The van der Waals surface area contributed by atoms with Crippen LogP contribution in [0.25, 0.3) is 0 Å². The Morgan fingerprint density at radius 3 is 2.20 bits per heavy atom. The van der Waals surface area contributed by atoms with Crippen LogP contribution in [0.3, 0.4) is 0 Å². The first-order valence-electron chi connectivity index (χ1n) is 8.69. The summed E-state index contributed by atoms with van der Waals surface area (Å²) >= 11 is 0. The first-order valence-corrected chi connectivity index (χ1v) is 10.1. The van der Waals surface area contributed by atoms with Crippen LogP contribution >= 0.6 is 0 Å². The Hall–Kier alpha value is -3.42. The van der Waals surface area contributed by atoms with Crippen LogP contribution in [-0.4, -0.2) is 55.1 Å². The van der Waals surface area contributed by atoms with Gasteiger partial charge in [-0.1, -0.05) is 0 Å². The zero-order chi connectivity index (χ0) is 21.7. The second-order valence-electron chi connectivity index (χ2n) is 6.17. The third-order valence-electron chi connectivity index (χ3n) is 4.27. The molecule has 12 nitrogen and oxygen atoms in total. The lowest BCUT2D eigenvalue weighted by Gasteiger charge is -2.26. The average molecular weight is 435 g/mol. The lowest BCUT2D eigenvalue weighted by Crippen LogP contribution is -2.40. The smallest absolute Gasteiger partial charge is 0.270 e. The molecule has 1 aliphatic rings. The summed E-state index contributed by atoms with van der Waals surface area (Å²) in [7, 11) is -4.02. The predicted molar refractivity (Wildman–Crippen MR) is 107 cm³/mol. The van der Waals surface area contributed by atoms with Crippen LogP contribution in [-0.2, 0) is 14.8 Å². The molecule has 0 amide bonds. The van der Waals surface area contributed by atoms with E-state index in [1.165, 1.54) is 46.9 Å². The molecule has 2 aromatic carbocycles. The van der Waals surface area contributed by atoms with Gasteiger partial charge in [-0.3, -0.25) is 25.7 Å². The molecule has 158 valence electrons. The van der Waals surface area contributed by atoms with Crippen molar-refractivity contribution in [1.29, 1.82) is 0 Å². The van der Waals surface area contributed by atoms with Gasteiger partial charge in [-0.15, -0.1) is 0 Å². The van der Waals surface area contributed by atoms with Crippen molar-refractivity contribution in [3.8, 4) is 0 Å². The number of hydrazone groups is 1. The van der Waals surface area contributed by atoms with Gasteiger partial charge in [-0.2, -0.15) is 9.41 Å². The summed E-state index contributed by atoms with van der Waals surface area (Å²) in [6.45, 7) is 0.734. The van der Waals surface area contributed by atoms with E-state index in [1.54, 1.807) is 0 Å². The zero-order valence-electron chi connectivity index (χ0n) is 15.5. The van der Waals surface area contributed by atoms with Crippen molar-refractivity contribution < 1.29 is 23.0 Å². The highest BCUT2D eigenvalue weighted by Crippen LogP contribution is 2.29. The molecule has 0 aromatic heterocycles. The number of hydrogen-bond donors (Lipinski definition) is 1. The number of hydrogen-bond acceptors (Lipinski definition) is 9. The number of benzene rings is 2. The molecule has 1 N–H and O–H groups in total. The Kier molecular flexibility index (Phi) is 6.34. The molecule has 0 bridgehead atoms. The summed E-state index contributed by atoms with van der Waals surface area (Å²) in [6, 6.07) is 8.98. The maximum absolute atomic E-state index is 13.0. The summed E-state index contributed by atoms with van der Waals surface area (Å²) in [5, 5.41) is 25.8. The van der Waals surface area contributed by atoms with Crippen LogP contribution in [0.15, 0.2) is 52.5 Å². The van der Waals surface area contributed by atoms with Gasteiger partial charge in [0.05, 0.1) is 35.0 Å². The summed E-state index contributed by atoms with van der Waals surface area (Å²) in [4.78, 5) is 20.3. The Labute approximate surface area is 171 Å². The van der Waals surface area contributed by atoms with Gasteiger partial charge in [0.2, 0.25) is 10.0 Å². The number of anilines is 1. The minimum Gasteiger partial charge on any atom is -0.379 e. The first-order chi connectivity index (χ1) is 14.3. The number of nitro benzene ring substituents is 2. The predicted octanol–water partition coefficient (Wildman–Crippen LogP) is 1.97.